The van der Waals surface area contributed by atoms with E-state index in [9.17, 15) is 9.90 Å². The van der Waals surface area contributed by atoms with E-state index in [1.165, 1.54) is 18.2 Å². The van der Waals surface area contributed by atoms with Gasteiger partial charge in [0.05, 0.1) is 0 Å². The van der Waals surface area contributed by atoms with Gasteiger partial charge in [-0.25, -0.2) is 0 Å². The van der Waals surface area contributed by atoms with E-state index in [1.54, 1.807) is 36.4 Å². The molecule has 0 radical (unpaired) electrons. The van der Waals surface area contributed by atoms with Crippen molar-refractivity contribution in [1.29, 1.82) is 5.26 Å². The second-order valence-corrected chi connectivity index (χ2v) is 4.66. The number of halogens is 1. The molecule has 2 rings (SSSR count). The summed E-state index contributed by atoms with van der Waals surface area (Å²) in [6.45, 7) is 0. The smallest absolute Gasteiger partial charge is 0.266 e. The van der Waals surface area contributed by atoms with Crippen LogP contribution in [-0.4, -0.2) is 11.0 Å². The zero-order valence-electron chi connectivity index (χ0n) is 10.9. The average Bonchev–Trinajstić information content (AvgIpc) is 2.49. The van der Waals surface area contributed by atoms with E-state index in [1.807, 2.05) is 6.07 Å². The number of hydrogen-bond acceptors (Lipinski definition) is 3. The molecule has 4 nitrogen and oxygen atoms in total. The average molecular weight is 299 g/mol. The number of benzene rings is 2. The monoisotopic (exact) mass is 298 g/mol. The summed E-state index contributed by atoms with van der Waals surface area (Å²) in [4.78, 5) is 12.0. The third kappa shape index (κ3) is 4.10. The van der Waals surface area contributed by atoms with Crippen LogP contribution in [0.25, 0.3) is 6.08 Å². The molecule has 0 aliphatic rings. The number of phenolic OH excluding ortho intramolecular Hbond substituents is 1. The normalized spacial score (nSPS) is 10.8. The van der Waals surface area contributed by atoms with E-state index >= 15 is 0 Å². The minimum Gasteiger partial charge on any atom is -0.508 e. The number of amides is 1. The molecule has 0 aliphatic heterocycles. The lowest BCUT2D eigenvalue weighted by molar-refractivity contribution is -0.112. The zero-order valence-corrected chi connectivity index (χ0v) is 11.6. The number of aromatic hydroxyl groups is 1. The van der Waals surface area contributed by atoms with Crippen LogP contribution in [0.15, 0.2) is 54.1 Å². The number of phenols is 1. The van der Waals surface area contributed by atoms with Crippen LogP contribution in [0.2, 0.25) is 5.02 Å². The number of nitrogens with zero attached hydrogens (tertiary/aromatic N) is 1. The predicted molar refractivity (Wildman–Crippen MR) is 81.8 cm³/mol. The number of rotatable bonds is 3. The van der Waals surface area contributed by atoms with Crippen molar-refractivity contribution in [3.63, 3.8) is 0 Å². The van der Waals surface area contributed by atoms with Crippen molar-refractivity contribution in [3.05, 3.63) is 64.7 Å². The minimum absolute atomic E-state index is 0.0228. The summed E-state index contributed by atoms with van der Waals surface area (Å²) in [5, 5.41) is 21.4. The maximum atomic E-state index is 12.0. The summed E-state index contributed by atoms with van der Waals surface area (Å²) >= 11 is 5.78. The molecule has 1 amide bonds. The van der Waals surface area contributed by atoms with Gasteiger partial charge in [0.15, 0.2) is 0 Å². The maximum absolute atomic E-state index is 12.0. The summed E-state index contributed by atoms with van der Waals surface area (Å²) < 4.78 is 0. The highest BCUT2D eigenvalue weighted by Crippen LogP contribution is 2.16. The third-order valence-corrected chi connectivity index (χ3v) is 2.92. The lowest BCUT2D eigenvalue weighted by Crippen LogP contribution is -2.13. The summed E-state index contributed by atoms with van der Waals surface area (Å²) in [5.74, 6) is -0.414. The van der Waals surface area contributed by atoms with Crippen molar-refractivity contribution in [2.24, 2.45) is 0 Å². The van der Waals surface area contributed by atoms with Crippen LogP contribution in [0.3, 0.4) is 0 Å². The second kappa shape index (κ2) is 6.60. The Hall–Kier alpha value is -2.77. The molecule has 0 saturated carbocycles. The molecular formula is C16H11ClN2O2. The van der Waals surface area contributed by atoms with Gasteiger partial charge in [-0.2, -0.15) is 5.26 Å². The Labute approximate surface area is 126 Å². The molecule has 0 unspecified atom stereocenters. The maximum Gasteiger partial charge on any atom is 0.266 e. The van der Waals surface area contributed by atoms with Gasteiger partial charge in [-0.3, -0.25) is 4.79 Å². The number of anilines is 1. The molecule has 21 heavy (non-hydrogen) atoms. The van der Waals surface area contributed by atoms with E-state index < -0.39 is 5.91 Å². The Bertz CT molecular complexity index is 713. The third-order valence-electron chi connectivity index (χ3n) is 2.67. The quantitative estimate of drug-likeness (QED) is 0.516. The van der Waals surface area contributed by atoms with Gasteiger partial charge >= 0.3 is 0 Å². The number of carbonyl (C=O) groups is 1. The van der Waals surface area contributed by atoms with Crippen molar-refractivity contribution in [3.8, 4) is 11.8 Å². The van der Waals surface area contributed by atoms with Gasteiger partial charge in [0.1, 0.15) is 17.4 Å². The van der Waals surface area contributed by atoms with Crippen LogP contribution in [-0.2, 0) is 4.79 Å². The molecule has 2 aromatic rings. The lowest BCUT2D eigenvalue weighted by Gasteiger charge is -2.04. The lowest BCUT2D eigenvalue weighted by atomic mass is 10.1. The zero-order chi connectivity index (χ0) is 15.2. The first-order valence-corrected chi connectivity index (χ1v) is 6.44. The van der Waals surface area contributed by atoms with Crippen LogP contribution in [0.5, 0.6) is 5.75 Å². The molecule has 0 atom stereocenters. The molecule has 0 aliphatic carbocycles. The molecule has 0 bridgehead atoms. The van der Waals surface area contributed by atoms with E-state index in [4.69, 9.17) is 16.9 Å². The van der Waals surface area contributed by atoms with Gasteiger partial charge in [0, 0.05) is 10.7 Å². The SMILES string of the molecule is N#C/C(=C\c1ccc(Cl)cc1)C(=O)Nc1ccc(O)cc1. The molecule has 0 saturated heterocycles. The fraction of sp³-hybridized carbons (Fsp3) is 0. The van der Waals surface area contributed by atoms with Crippen molar-refractivity contribution >= 4 is 29.3 Å². The fourth-order valence-electron chi connectivity index (χ4n) is 1.62. The largest absolute Gasteiger partial charge is 0.508 e. The van der Waals surface area contributed by atoms with E-state index in [0.717, 1.165) is 0 Å². The summed E-state index contributed by atoms with van der Waals surface area (Å²) in [7, 11) is 0. The first-order valence-electron chi connectivity index (χ1n) is 6.06. The topological polar surface area (TPSA) is 73.1 Å². The van der Waals surface area contributed by atoms with Crippen LogP contribution < -0.4 is 5.32 Å². The summed E-state index contributed by atoms with van der Waals surface area (Å²) in [6, 6.07) is 14.6. The van der Waals surface area contributed by atoms with Crippen molar-refractivity contribution in [2.75, 3.05) is 5.32 Å². The Kier molecular flexibility index (Phi) is 4.60. The van der Waals surface area contributed by atoms with Crippen molar-refractivity contribution in [2.45, 2.75) is 0 Å². The molecular weight excluding hydrogens is 288 g/mol. The van der Waals surface area contributed by atoms with Gasteiger partial charge in [0.25, 0.3) is 5.91 Å². The number of nitrogens with one attached hydrogen (secondary N) is 1. The predicted octanol–water partition coefficient (Wildman–Crippen LogP) is 3.59. The first kappa shape index (κ1) is 14.6. The highest BCUT2D eigenvalue weighted by atomic mass is 35.5. The van der Waals surface area contributed by atoms with Gasteiger partial charge in [-0.05, 0) is 48.0 Å². The van der Waals surface area contributed by atoms with Gasteiger partial charge in [0.2, 0.25) is 0 Å². The van der Waals surface area contributed by atoms with E-state index in [0.29, 0.717) is 16.3 Å². The van der Waals surface area contributed by atoms with E-state index in [-0.39, 0.29) is 11.3 Å². The van der Waals surface area contributed by atoms with Crippen molar-refractivity contribution < 1.29 is 9.90 Å². The van der Waals surface area contributed by atoms with Crippen LogP contribution >= 0.6 is 11.6 Å². The second-order valence-electron chi connectivity index (χ2n) is 4.22. The Balaban J connectivity index is 2.17. The molecule has 0 aromatic heterocycles. The highest BCUT2D eigenvalue weighted by Gasteiger charge is 2.09. The fourth-order valence-corrected chi connectivity index (χ4v) is 1.74. The minimum atomic E-state index is -0.516. The molecule has 0 heterocycles. The van der Waals surface area contributed by atoms with E-state index in [2.05, 4.69) is 5.32 Å². The molecule has 0 fully saturated rings. The Morgan fingerprint density at radius 3 is 2.33 bits per heavy atom. The molecule has 104 valence electrons. The summed E-state index contributed by atoms with van der Waals surface area (Å²) in [5.41, 5.74) is 1.18. The Morgan fingerprint density at radius 1 is 1.14 bits per heavy atom. The van der Waals surface area contributed by atoms with Crippen molar-refractivity contribution in [1.82, 2.24) is 0 Å². The molecule has 0 spiro atoms. The molecule has 2 N–H and O–H groups in total. The number of nitriles is 1. The van der Waals surface area contributed by atoms with Gasteiger partial charge in [-0.1, -0.05) is 23.7 Å². The van der Waals surface area contributed by atoms with Gasteiger partial charge in [-0.15, -0.1) is 0 Å². The van der Waals surface area contributed by atoms with Gasteiger partial charge < -0.3 is 10.4 Å². The first-order chi connectivity index (χ1) is 10.1. The molecule has 2 aromatic carbocycles. The van der Waals surface area contributed by atoms with Crippen LogP contribution in [0, 0.1) is 11.3 Å². The number of carbonyl (C=O) groups excluding carboxylic acids is 1. The standard InChI is InChI=1S/C16H11ClN2O2/c17-13-3-1-11(2-4-13)9-12(10-18)16(21)19-14-5-7-15(20)8-6-14/h1-9,20H,(H,19,21)/b12-9+. The highest BCUT2D eigenvalue weighted by molar-refractivity contribution is 6.30. The Morgan fingerprint density at radius 2 is 1.76 bits per heavy atom. The van der Waals surface area contributed by atoms with Crippen LogP contribution in [0.1, 0.15) is 5.56 Å². The summed E-state index contributed by atoms with van der Waals surface area (Å²) in [6.07, 6.45) is 1.48. The number of hydrogen-bond donors (Lipinski definition) is 2. The van der Waals surface area contributed by atoms with Crippen LogP contribution in [0.4, 0.5) is 5.69 Å². The molecule has 5 heteroatoms.